The SMILES string of the molecule is CCNc1cc(C(=O)Nc2nnn(C)n2)ccc1[N+](=O)[O-]. The summed E-state index contributed by atoms with van der Waals surface area (Å²) in [5.41, 5.74) is 0.442. The minimum absolute atomic E-state index is 0.0610. The fraction of sp³-hybridized carbons (Fsp3) is 0.273. The van der Waals surface area contributed by atoms with Crippen molar-refractivity contribution >= 4 is 23.2 Å². The third kappa shape index (κ3) is 3.29. The molecule has 1 heterocycles. The quantitative estimate of drug-likeness (QED) is 0.616. The maximum Gasteiger partial charge on any atom is 0.292 e. The zero-order chi connectivity index (χ0) is 15.4. The average molecular weight is 291 g/mol. The van der Waals surface area contributed by atoms with Crippen LogP contribution in [-0.4, -0.2) is 37.6 Å². The van der Waals surface area contributed by atoms with Gasteiger partial charge in [0.25, 0.3) is 17.5 Å². The van der Waals surface area contributed by atoms with Crippen LogP contribution in [0.15, 0.2) is 18.2 Å². The lowest BCUT2D eigenvalue weighted by molar-refractivity contribution is -0.384. The summed E-state index contributed by atoms with van der Waals surface area (Å²) in [7, 11) is 1.57. The molecule has 0 saturated carbocycles. The van der Waals surface area contributed by atoms with Crippen LogP contribution in [0.4, 0.5) is 17.3 Å². The second-order valence-electron chi connectivity index (χ2n) is 4.08. The number of nitro benzene ring substituents is 1. The molecule has 110 valence electrons. The molecule has 2 N–H and O–H groups in total. The van der Waals surface area contributed by atoms with Crippen molar-refractivity contribution in [2.24, 2.45) is 7.05 Å². The number of nitrogens with zero attached hydrogens (tertiary/aromatic N) is 5. The third-order valence-electron chi connectivity index (χ3n) is 2.56. The van der Waals surface area contributed by atoms with E-state index in [9.17, 15) is 14.9 Å². The number of hydrogen-bond acceptors (Lipinski definition) is 7. The van der Waals surface area contributed by atoms with Crippen LogP contribution in [-0.2, 0) is 7.05 Å². The summed E-state index contributed by atoms with van der Waals surface area (Å²) in [4.78, 5) is 23.6. The number of nitro groups is 1. The van der Waals surface area contributed by atoms with Gasteiger partial charge < -0.3 is 5.32 Å². The predicted molar refractivity (Wildman–Crippen MR) is 74.0 cm³/mol. The lowest BCUT2D eigenvalue weighted by Gasteiger charge is -2.07. The van der Waals surface area contributed by atoms with Gasteiger partial charge >= 0.3 is 0 Å². The van der Waals surface area contributed by atoms with Crippen LogP contribution in [0, 0.1) is 10.1 Å². The van der Waals surface area contributed by atoms with Gasteiger partial charge in [0.15, 0.2) is 0 Å². The standard InChI is InChI=1S/C11H13N7O3/c1-3-12-8-6-7(4-5-9(8)18(20)21)10(19)13-11-14-16-17(2)15-11/h4-6,12H,3H2,1-2H3,(H,13,15,19). The van der Waals surface area contributed by atoms with Gasteiger partial charge in [-0.2, -0.15) is 4.80 Å². The Morgan fingerprint density at radius 1 is 1.48 bits per heavy atom. The van der Waals surface area contributed by atoms with E-state index < -0.39 is 10.8 Å². The molecule has 0 aliphatic heterocycles. The Kier molecular flexibility index (Phi) is 4.07. The molecule has 1 aromatic heterocycles. The van der Waals surface area contributed by atoms with E-state index in [4.69, 9.17) is 0 Å². The van der Waals surface area contributed by atoms with Crippen LogP contribution >= 0.6 is 0 Å². The summed E-state index contributed by atoms with van der Waals surface area (Å²) in [6.07, 6.45) is 0. The summed E-state index contributed by atoms with van der Waals surface area (Å²) in [5.74, 6) is -0.414. The number of hydrogen-bond donors (Lipinski definition) is 2. The van der Waals surface area contributed by atoms with Crippen LogP contribution in [0.5, 0.6) is 0 Å². The smallest absolute Gasteiger partial charge is 0.292 e. The molecule has 1 amide bonds. The second-order valence-corrected chi connectivity index (χ2v) is 4.08. The summed E-state index contributed by atoms with van der Waals surface area (Å²) < 4.78 is 0. The molecule has 0 spiro atoms. The average Bonchev–Trinajstić information content (AvgIpc) is 2.84. The van der Waals surface area contributed by atoms with Gasteiger partial charge in [0, 0.05) is 18.2 Å². The highest BCUT2D eigenvalue weighted by atomic mass is 16.6. The molecule has 0 aliphatic rings. The third-order valence-corrected chi connectivity index (χ3v) is 2.56. The van der Waals surface area contributed by atoms with Gasteiger partial charge in [0.05, 0.1) is 12.0 Å². The van der Waals surface area contributed by atoms with Crippen LogP contribution in [0.25, 0.3) is 0 Å². The summed E-state index contributed by atoms with van der Waals surface area (Å²) >= 11 is 0. The van der Waals surface area contributed by atoms with Gasteiger partial charge in [-0.25, -0.2) is 0 Å². The van der Waals surface area contributed by atoms with Gasteiger partial charge in [-0.3, -0.25) is 20.2 Å². The first-order valence-corrected chi connectivity index (χ1v) is 6.09. The highest BCUT2D eigenvalue weighted by molar-refractivity contribution is 6.04. The molecule has 0 saturated heterocycles. The Balaban J connectivity index is 2.24. The molecular formula is C11H13N7O3. The second kappa shape index (κ2) is 5.94. The largest absolute Gasteiger partial charge is 0.380 e. The topological polar surface area (TPSA) is 128 Å². The first-order chi connectivity index (χ1) is 10.0. The Labute approximate surface area is 119 Å². The maximum absolute atomic E-state index is 12.0. The van der Waals surface area contributed by atoms with E-state index in [-0.39, 0.29) is 22.9 Å². The minimum atomic E-state index is -0.510. The number of anilines is 2. The zero-order valence-electron chi connectivity index (χ0n) is 11.4. The monoisotopic (exact) mass is 291 g/mol. The molecule has 2 aromatic rings. The number of amides is 1. The van der Waals surface area contributed by atoms with E-state index in [0.717, 1.165) is 0 Å². The Bertz CT molecular complexity index is 682. The molecule has 10 heteroatoms. The lowest BCUT2D eigenvalue weighted by Crippen LogP contribution is -2.14. The molecule has 0 aliphatic carbocycles. The van der Waals surface area contributed by atoms with E-state index in [2.05, 4.69) is 26.0 Å². The fourth-order valence-corrected chi connectivity index (χ4v) is 1.68. The van der Waals surface area contributed by atoms with Crippen molar-refractivity contribution in [2.45, 2.75) is 6.92 Å². The molecule has 2 rings (SSSR count). The van der Waals surface area contributed by atoms with Gasteiger partial charge in [-0.15, -0.1) is 5.10 Å². The van der Waals surface area contributed by atoms with E-state index >= 15 is 0 Å². The van der Waals surface area contributed by atoms with Crippen molar-refractivity contribution < 1.29 is 9.72 Å². The Hall–Kier alpha value is -3.04. The molecule has 10 nitrogen and oxygen atoms in total. The predicted octanol–water partition coefficient (Wildman–Crippen LogP) is 0.802. The van der Waals surface area contributed by atoms with Crippen molar-refractivity contribution in [3.8, 4) is 0 Å². The summed E-state index contributed by atoms with van der Waals surface area (Å²) in [6.45, 7) is 2.30. The number of benzene rings is 1. The van der Waals surface area contributed by atoms with E-state index in [1.165, 1.54) is 23.0 Å². The number of aryl methyl sites for hydroxylation is 1. The zero-order valence-corrected chi connectivity index (χ0v) is 11.4. The molecule has 0 bridgehead atoms. The minimum Gasteiger partial charge on any atom is -0.380 e. The molecule has 0 fully saturated rings. The van der Waals surface area contributed by atoms with Crippen LogP contribution in [0.2, 0.25) is 0 Å². The molecule has 0 atom stereocenters. The lowest BCUT2D eigenvalue weighted by atomic mass is 10.1. The van der Waals surface area contributed by atoms with Gasteiger partial charge in [0.2, 0.25) is 0 Å². The molecule has 21 heavy (non-hydrogen) atoms. The number of rotatable bonds is 5. The van der Waals surface area contributed by atoms with Crippen LogP contribution in [0.1, 0.15) is 17.3 Å². The van der Waals surface area contributed by atoms with Crippen molar-refractivity contribution in [3.05, 3.63) is 33.9 Å². The first-order valence-electron chi connectivity index (χ1n) is 6.09. The number of tetrazole rings is 1. The van der Waals surface area contributed by atoms with Crippen molar-refractivity contribution in [1.82, 2.24) is 20.2 Å². The highest BCUT2D eigenvalue weighted by Gasteiger charge is 2.17. The summed E-state index contributed by atoms with van der Waals surface area (Å²) in [5, 5.41) is 27.2. The highest BCUT2D eigenvalue weighted by Crippen LogP contribution is 2.25. The molecule has 1 aromatic carbocycles. The number of nitrogens with one attached hydrogen (secondary N) is 2. The van der Waals surface area contributed by atoms with Gasteiger partial charge in [-0.1, -0.05) is 5.10 Å². The van der Waals surface area contributed by atoms with E-state index in [1.807, 2.05) is 0 Å². The van der Waals surface area contributed by atoms with Crippen molar-refractivity contribution in [1.29, 1.82) is 0 Å². The molecule has 0 radical (unpaired) electrons. The fourth-order valence-electron chi connectivity index (χ4n) is 1.68. The Morgan fingerprint density at radius 3 is 2.81 bits per heavy atom. The normalized spacial score (nSPS) is 10.2. The first kappa shape index (κ1) is 14.4. The van der Waals surface area contributed by atoms with Crippen LogP contribution < -0.4 is 10.6 Å². The van der Waals surface area contributed by atoms with Crippen molar-refractivity contribution in [3.63, 3.8) is 0 Å². The number of carbonyl (C=O) groups is 1. The van der Waals surface area contributed by atoms with E-state index in [0.29, 0.717) is 6.54 Å². The number of carbonyl (C=O) groups excluding carboxylic acids is 1. The number of aromatic nitrogens is 4. The van der Waals surface area contributed by atoms with Crippen molar-refractivity contribution in [2.75, 3.05) is 17.2 Å². The van der Waals surface area contributed by atoms with Gasteiger partial charge in [-0.05, 0) is 24.3 Å². The maximum atomic E-state index is 12.0. The Morgan fingerprint density at radius 2 is 2.24 bits per heavy atom. The van der Waals surface area contributed by atoms with Crippen LogP contribution in [0.3, 0.4) is 0 Å². The summed E-state index contributed by atoms with van der Waals surface area (Å²) in [6, 6.07) is 4.05. The molecular weight excluding hydrogens is 278 g/mol. The molecule has 0 unspecified atom stereocenters. The van der Waals surface area contributed by atoms with Gasteiger partial charge in [0.1, 0.15) is 5.69 Å². The van der Waals surface area contributed by atoms with E-state index in [1.54, 1.807) is 14.0 Å².